The van der Waals surface area contributed by atoms with Crippen LogP contribution in [0.2, 0.25) is 0 Å². The summed E-state index contributed by atoms with van der Waals surface area (Å²) in [5.74, 6) is 0.818. The molecule has 0 aliphatic rings. The fraction of sp³-hybridized carbons (Fsp3) is 0.133. The lowest BCUT2D eigenvalue weighted by Crippen LogP contribution is -2.14. The minimum absolute atomic E-state index is 0.494. The Morgan fingerprint density at radius 1 is 1.05 bits per heavy atom. The van der Waals surface area contributed by atoms with Crippen molar-refractivity contribution in [2.24, 2.45) is 5.73 Å². The Balaban J connectivity index is 2.05. The van der Waals surface area contributed by atoms with Crippen LogP contribution in [0, 0.1) is 0 Å². The highest BCUT2D eigenvalue weighted by atomic mass is 15.2. The summed E-state index contributed by atoms with van der Waals surface area (Å²) < 4.78 is 0. The van der Waals surface area contributed by atoms with Crippen LogP contribution in [0.25, 0.3) is 11.2 Å². The van der Waals surface area contributed by atoms with Gasteiger partial charge in [-0.15, -0.1) is 0 Å². The van der Waals surface area contributed by atoms with Gasteiger partial charge in [0.25, 0.3) is 0 Å². The third-order valence-corrected chi connectivity index (χ3v) is 3.23. The number of rotatable bonds is 3. The second-order valence-electron chi connectivity index (χ2n) is 4.46. The van der Waals surface area contributed by atoms with E-state index in [1.807, 2.05) is 48.3 Å². The molecular weight excluding hydrogens is 250 g/mol. The molecule has 0 unspecified atom stereocenters. The van der Waals surface area contributed by atoms with Crippen molar-refractivity contribution in [2.75, 3.05) is 11.9 Å². The van der Waals surface area contributed by atoms with Crippen LogP contribution < -0.4 is 10.6 Å². The van der Waals surface area contributed by atoms with Gasteiger partial charge in [-0.05, 0) is 23.8 Å². The molecule has 2 heterocycles. The van der Waals surface area contributed by atoms with Crippen molar-refractivity contribution in [3.8, 4) is 0 Å². The van der Waals surface area contributed by atoms with Crippen LogP contribution >= 0.6 is 0 Å². The summed E-state index contributed by atoms with van der Waals surface area (Å²) in [6, 6.07) is 11.9. The van der Waals surface area contributed by atoms with Gasteiger partial charge in [-0.25, -0.2) is 9.97 Å². The molecule has 2 N–H and O–H groups in total. The van der Waals surface area contributed by atoms with E-state index in [-0.39, 0.29) is 0 Å². The van der Waals surface area contributed by atoms with Crippen LogP contribution in [0.1, 0.15) is 5.56 Å². The number of pyridine rings is 1. The summed E-state index contributed by atoms with van der Waals surface area (Å²) in [5.41, 5.74) is 9.34. The summed E-state index contributed by atoms with van der Waals surface area (Å²) in [6.07, 6.45) is 3.31. The van der Waals surface area contributed by atoms with Gasteiger partial charge in [-0.1, -0.05) is 18.2 Å². The first-order valence-corrected chi connectivity index (χ1v) is 6.39. The highest BCUT2D eigenvalue weighted by Crippen LogP contribution is 2.26. The Morgan fingerprint density at radius 3 is 2.70 bits per heavy atom. The molecule has 0 saturated carbocycles. The lowest BCUT2D eigenvalue weighted by Gasteiger charge is -2.21. The van der Waals surface area contributed by atoms with Crippen molar-refractivity contribution in [1.29, 1.82) is 0 Å². The van der Waals surface area contributed by atoms with Crippen molar-refractivity contribution >= 4 is 22.7 Å². The summed E-state index contributed by atoms with van der Waals surface area (Å²) in [5, 5.41) is 0. The Kier molecular flexibility index (Phi) is 3.26. The molecule has 0 spiro atoms. The molecule has 20 heavy (non-hydrogen) atoms. The van der Waals surface area contributed by atoms with Crippen molar-refractivity contribution in [1.82, 2.24) is 15.0 Å². The summed E-state index contributed by atoms with van der Waals surface area (Å²) >= 11 is 0. The fourth-order valence-electron chi connectivity index (χ4n) is 2.17. The molecule has 2 aromatic heterocycles. The Hall–Kier alpha value is -2.53. The summed E-state index contributed by atoms with van der Waals surface area (Å²) in [6.45, 7) is 0.494. The van der Waals surface area contributed by atoms with Gasteiger partial charge < -0.3 is 10.6 Å². The summed E-state index contributed by atoms with van der Waals surface area (Å²) in [4.78, 5) is 15.0. The standard InChI is InChI=1S/C15H15N5/c1-20(13-5-3-2-4-11(13)10-16)14-7-6-12-15(19-14)18-9-8-17-12/h2-9H,10,16H2,1H3. The van der Waals surface area contributed by atoms with Gasteiger partial charge in [0, 0.05) is 31.7 Å². The number of nitrogens with zero attached hydrogens (tertiary/aromatic N) is 4. The van der Waals surface area contributed by atoms with Crippen molar-refractivity contribution in [3.63, 3.8) is 0 Å². The molecular formula is C15H15N5. The van der Waals surface area contributed by atoms with Crippen LogP contribution in [0.15, 0.2) is 48.8 Å². The van der Waals surface area contributed by atoms with E-state index in [0.717, 1.165) is 22.6 Å². The quantitative estimate of drug-likeness (QED) is 0.786. The highest BCUT2D eigenvalue weighted by molar-refractivity contribution is 5.74. The van der Waals surface area contributed by atoms with E-state index in [0.29, 0.717) is 12.2 Å². The van der Waals surface area contributed by atoms with Crippen LogP contribution in [-0.4, -0.2) is 22.0 Å². The Bertz CT molecular complexity index is 741. The third-order valence-electron chi connectivity index (χ3n) is 3.23. The average molecular weight is 265 g/mol. The normalized spacial score (nSPS) is 10.7. The number of hydrogen-bond donors (Lipinski definition) is 1. The van der Waals surface area contributed by atoms with Crippen molar-refractivity contribution < 1.29 is 0 Å². The molecule has 3 aromatic rings. The van der Waals surface area contributed by atoms with Crippen molar-refractivity contribution in [3.05, 3.63) is 54.4 Å². The highest BCUT2D eigenvalue weighted by Gasteiger charge is 2.10. The van der Waals surface area contributed by atoms with E-state index in [2.05, 4.69) is 15.0 Å². The van der Waals surface area contributed by atoms with Crippen molar-refractivity contribution in [2.45, 2.75) is 6.54 Å². The topological polar surface area (TPSA) is 67.9 Å². The number of nitrogens with two attached hydrogens (primary N) is 1. The molecule has 0 aliphatic carbocycles. The molecule has 100 valence electrons. The van der Waals surface area contributed by atoms with Gasteiger partial charge >= 0.3 is 0 Å². The average Bonchev–Trinajstić information content (AvgIpc) is 2.53. The molecule has 0 atom stereocenters. The van der Waals surface area contributed by atoms with Gasteiger partial charge in [0.15, 0.2) is 5.65 Å². The molecule has 0 fully saturated rings. The smallest absolute Gasteiger partial charge is 0.180 e. The Labute approximate surface area is 117 Å². The molecule has 0 radical (unpaired) electrons. The van der Waals surface area contributed by atoms with Gasteiger partial charge in [0.05, 0.1) is 0 Å². The van der Waals surface area contributed by atoms with Crippen LogP contribution in [-0.2, 0) is 6.54 Å². The van der Waals surface area contributed by atoms with E-state index in [1.54, 1.807) is 12.4 Å². The maximum absolute atomic E-state index is 5.79. The summed E-state index contributed by atoms with van der Waals surface area (Å²) in [7, 11) is 1.97. The van der Waals surface area contributed by atoms with E-state index in [9.17, 15) is 0 Å². The number of benzene rings is 1. The van der Waals surface area contributed by atoms with Gasteiger partial charge in [0.2, 0.25) is 0 Å². The molecule has 5 heteroatoms. The fourth-order valence-corrected chi connectivity index (χ4v) is 2.17. The zero-order valence-corrected chi connectivity index (χ0v) is 11.2. The van der Waals surface area contributed by atoms with E-state index >= 15 is 0 Å². The lowest BCUT2D eigenvalue weighted by atomic mass is 10.1. The molecule has 5 nitrogen and oxygen atoms in total. The zero-order valence-electron chi connectivity index (χ0n) is 11.2. The first-order chi connectivity index (χ1) is 9.79. The number of hydrogen-bond acceptors (Lipinski definition) is 5. The number of aromatic nitrogens is 3. The predicted octanol–water partition coefficient (Wildman–Crippen LogP) is 2.25. The number of fused-ring (bicyclic) bond motifs is 1. The minimum Gasteiger partial charge on any atom is -0.329 e. The van der Waals surface area contributed by atoms with Crippen LogP contribution in [0.5, 0.6) is 0 Å². The van der Waals surface area contributed by atoms with Crippen LogP contribution in [0.4, 0.5) is 11.5 Å². The Morgan fingerprint density at radius 2 is 1.85 bits per heavy atom. The van der Waals surface area contributed by atoms with E-state index < -0.39 is 0 Å². The SMILES string of the molecule is CN(c1ccc2nccnc2n1)c1ccccc1CN. The van der Waals surface area contributed by atoms with E-state index in [4.69, 9.17) is 5.73 Å². The maximum Gasteiger partial charge on any atom is 0.180 e. The first-order valence-electron chi connectivity index (χ1n) is 6.39. The minimum atomic E-state index is 0.494. The molecule has 1 aromatic carbocycles. The third kappa shape index (κ3) is 2.19. The van der Waals surface area contributed by atoms with Gasteiger partial charge in [-0.2, -0.15) is 0 Å². The lowest BCUT2D eigenvalue weighted by molar-refractivity contribution is 1.03. The molecule has 0 amide bonds. The second kappa shape index (κ2) is 5.22. The second-order valence-corrected chi connectivity index (χ2v) is 4.46. The maximum atomic E-state index is 5.79. The van der Waals surface area contributed by atoms with Gasteiger partial charge in [-0.3, -0.25) is 4.98 Å². The largest absolute Gasteiger partial charge is 0.329 e. The van der Waals surface area contributed by atoms with Gasteiger partial charge in [0.1, 0.15) is 11.3 Å². The molecule has 0 saturated heterocycles. The molecule has 0 aliphatic heterocycles. The number of anilines is 2. The van der Waals surface area contributed by atoms with Crippen LogP contribution in [0.3, 0.4) is 0 Å². The zero-order chi connectivity index (χ0) is 13.9. The monoisotopic (exact) mass is 265 g/mol. The predicted molar refractivity (Wildman–Crippen MR) is 79.7 cm³/mol. The van der Waals surface area contributed by atoms with E-state index in [1.165, 1.54) is 0 Å². The number of para-hydroxylation sites is 1. The molecule has 3 rings (SSSR count). The molecule has 0 bridgehead atoms. The first kappa shape index (κ1) is 12.5.